The highest BCUT2D eigenvalue weighted by molar-refractivity contribution is 5.54. The molecule has 1 aliphatic rings. The molecule has 0 unspecified atom stereocenters. The molecule has 1 fully saturated rings. The van der Waals surface area contributed by atoms with Crippen LogP contribution in [0.2, 0.25) is 0 Å². The Morgan fingerprint density at radius 1 is 1.29 bits per heavy atom. The molecule has 21 heavy (non-hydrogen) atoms. The third-order valence-corrected chi connectivity index (χ3v) is 3.40. The van der Waals surface area contributed by atoms with Gasteiger partial charge in [-0.05, 0) is 43.0 Å². The monoisotopic (exact) mass is 304 g/mol. The molecule has 0 atom stereocenters. The number of hydrogen-bond acceptors (Lipinski definition) is 2. The minimum absolute atomic E-state index is 0.293. The van der Waals surface area contributed by atoms with Gasteiger partial charge in [0.25, 0.3) is 0 Å². The minimum Gasteiger partial charge on any atom is -0.362 e. The number of nitrogens with zero attached hydrogens (tertiary/aromatic N) is 1. The van der Waals surface area contributed by atoms with Gasteiger partial charge in [0, 0.05) is 24.8 Å². The standard InChI is InChI=1S/C15H20F4N2/c1-2-7-21(10-15(17,18)19)14-6-3-12(16)8-11(14)9-20-13-4-5-13/h3,6,8,13,20H,2,4-5,7,9-10H2,1H3. The van der Waals surface area contributed by atoms with Gasteiger partial charge in [0.2, 0.25) is 0 Å². The Bertz CT molecular complexity index is 469. The van der Waals surface area contributed by atoms with Gasteiger partial charge in [0.05, 0.1) is 0 Å². The number of benzene rings is 1. The zero-order valence-electron chi connectivity index (χ0n) is 12.0. The molecule has 1 aromatic carbocycles. The molecule has 2 rings (SSSR count). The van der Waals surface area contributed by atoms with Gasteiger partial charge in [-0.25, -0.2) is 4.39 Å². The summed E-state index contributed by atoms with van der Waals surface area (Å²) in [6.07, 6.45) is -1.52. The molecule has 118 valence electrons. The smallest absolute Gasteiger partial charge is 0.362 e. The fourth-order valence-corrected chi connectivity index (χ4v) is 2.32. The van der Waals surface area contributed by atoms with Crippen molar-refractivity contribution in [3.05, 3.63) is 29.6 Å². The first-order valence-corrected chi connectivity index (χ1v) is 7.22. The van der Waals surface area contributed by atoms with E-state index in [1.54, 1.807) is 0 Å². The lowest BCUT2D eigenvalue weighted by Gasteiger charge is -2.28. The topological polar surface area (TPSA) is 15.3 Å². The maximum atomic E-state index is 13.4. The Kier molecular flexibility index (Phi) is 5.08. The van der Waals surface area contributed by atoms with Crippen molar-refractivity contribution < 1.29 is 17.6 Å². The summed E-state index contributed by atoms with van der Waals surface area (Å²) in [6.45, 7) is 1.51. The summed E-state index contributed by atoms with van der Waals surface area (Å²) >= 11 is 0. The first-order valence-electron chi connectivity index (χ1n) is 7.22. The molecule has 0 aliphatic heterocycles. The summed E-state index contributed by atoms with van der Waals surface area (Å²) in [5, 5.41) is 3.23. The van der Waals surface area contributed by atoms with Gasteiger partial charge in [-0.1, -0.05) is 6.92 Å². The largest absolute Gasteiger partial charge is 0.405 e. The lowest BCUT2D eigenvalue weighted by molar-refractivity contribution is -0.119. The van der Waals surface area contributed by atoms with E-state index in [0.717, 1.165) is 12.8 Å². The average Bonchev–Trinajstić information content (AvgIpc) is 3.18. The lowest BCUT2D eigenvalue weighted by atomic mass is 10.1. The second-order valence-electron chi connectivity index (χ2n) is 5.46. The summed E-state index contributed by atoms with van der Waals surface area (Å²) in [4.78, 5) is 1.28. The van der Waals surface area contributed by atoms with Crippen LogP contribution in [0.5, 0.6) is 0 Å². The van der Waals surface area contributed by atoms with Gasteiger partial charge < -0.3 is 10.2 Å². The molecule has 0 radical (unpaired) electrons. The fraction of sp³-hybridized carbons (Fsp3) is 0.600. The quantitative estimate of drug-likeness (QED) is 0.770. The van der Waals surface area contributed by atoms with Crippen LogP contribution < -0.4 is 10.2 Å². The summed E-state index contributed by atoms with van der Waals surface area (Å²) in [7, 11) is 0. The Labute approximate surface area is 122 Å². The van der Waals surface area contributed by atoms with Crippen molar-refractivity contribution in [3.63, 3.8) is 0 Å². The van der Waals surface area contributed by atoms with E-state index in [0.29, 0.717) is 36.8 Å². The van der Waals surface area contributed by atoms with Crippen molar-refractivity contribution >= 4 is 5.69 Å². The molecule has 0 aromatic heterocycles. The number of anilines is 1. The van der Waals surface area contributed by atoms with Crippen LogP contribution in [0, 0.1) is 5.82 Å². The molecule has 6 heteroatoms. The van der Waals surface area contributed by atoms with Gasteiger partial charge >= 0.3 is 6.18 Å². The highest BCUT2D eigenvalue weighted by Crippen LogP contribution is 2.27. The number of alkyl halides is 3. The van der Waals surface area contributed by atoms with Crippen LogP contribution in [0.4, 0.5) is 23.2 Å². The third-order valence-electron chi connectivity index (χ3n) is 3.40. The summed E-state index contributed by atoms with van der Waals surface area (Å²) < 4.78 is 51.6. The van der Waals surface area contributed by atoms with Crippen molar-refractivity contribution in [1.82, 2.24) is 5.32 Å². The molecule has 1 aromatic rings. The molecule has 1 saturated carbocycles. The first kappa shape index (κ1) is 16.1. The average molecular weight is 304 g/mol. The molecule has 1 aliphatic carbocycles. The van der Waals surface area contributed by atoms with Crippen LogP contribution in [0.1, 0.15) is 31.7 Å². The van der Waals surface area contributed by atoms with Crippen molar-refractivity contribution in [2.24, 2.45) is 0 Å². The zero-order valence-corrected chi connectivity index (χ0v) is 12.0. The SMILES string of the molecule is CCCN(CC(F)(F)F)c1ccc(F)cc1CNC1CC1. The molecule has 0 amide bonds. The molecule has 0 saturated heterocycles. The van der Waals surface area contributed by atoms with Crippen LogP contribution in [0.3, 0.4) is 0 Å². The maximum absolute atomic E-state index is 13.4. The van der Waals surface area contributed by atoms with Crippen LogP contribution in [0.25, 0.3) is 0 Å². The molecule has 0 bridgehead atoms. The van der Waals surface area contributed by atoms with Crippen LogP contribution in [0.15, 0.2) is 18.2 Å². The second-order valence-corrected chi connectivity index (χ2v) is 5.46. The molecule has 0 heterocycles. The third kappa shape index (κ3) is 5.19. The predicted molar refractivity (Wildman–Crippen MR) is 74.8 cm³/mol. The lowest BCUT2D eigenvalue weighted by Crippen LogP contribution is -2.36. The van der Waals surface area contributed by atoms with E-state index in [9.17, 15) is 17.6 Å². The van der Waals surface area contributed by atoms with Gasteiger partial charge in [0.15, 0.2) is 0 Å². The normalized spacial score (nSPS) is 15.3. The van der Waals surface area contributed by atoms with E-state index in [2.05, 4.69) is 5.32 Å². The molecule has 0 spiro atoms. The first-order chi connectivity index (χ1) is 9.89. The van der Waals surface area contributed by atoms with E-state index in [1.165, 1.54) is 23.1 Å². The van der Waals surface area contributed by atoms with Crippen LogP contribution in [-0.2, 0) is 6.54 Å². The van der Waals surface area contributed by atoms with Crippen LogP contribution >= 0.6 is 0 Å². The molecule has 2 nitrogen and oxygen atoms in total. The van der Waals surface area contributed by atoms with Gasteiger partial charge in [-0.2, -0.15) is 13.2 Å². The van der Waals surface area contributed by atoms with Gasteiger partial charge in [-0.15, -0.1) is 0 Å². The maximum Gasteiger partial charge on any atom is 0.405 e. The number of hydrogen-bond donors (Lipinski definition) is 1. The predicted octanol–water partition coefficient (Wildman–Crippen LogP) is 3.86. The van der Waals surface area contributed by atoms with Crippen molar-refractivity contribution in [2.45, 2.75) is 44.9 Å². The highest BCUT2D eigenvalue weighted by Gasteiger charge is 2.31. The van der Waals surface area contributed by atoms with Crippen molar-refractivity contribution in [1.29, 1.82) is 0 Å². The molecular formula is C15H20F4N2. The van der Waals surface area contributed by atoms with Crippen LogP contribution in [-0.4, -0.2) is 25.3 Å². The summed E-state index contributed by atoms with van der Waals surface area (Å²) in [5.41, 5.74) is 1.04. The van der Waals surface area contributed by atoms with E-state index in [1.807, 2.05) is 6.92 Å². The van der Waals surface area contributed by atoms with Crippen molar-refractivity contribution in [3.8, 4) is 0 Å². The van der Waals surface area contributed by atoms with E-state index >= 15 is 0 Å². The van der Waals surface area contributed by atoms with Crippen molar-refractivity contribution in [2.75, 3.05) is 18.0 Å². The Morgan fingerprint density at radius 3 is 2.57 bits per heavy atom. The highest BCUT2D eigenvalue weighted by atomic mass is 19.4. The Balaban J connectivity index is 2.19. The van der Waals surface area contributed by atoms with E-state index in [4.69, 9.17) is 0 Å². The Hall–Kier alpha value is -1.30. The number of halogens is 4. The summed E-state index contributed by atoms with van der Waals surface area (Å²) in [6, 6.07) is 4.41. The van der Waals surface area contributed by atoms with E-state index in [-0.39, 0.29) is 0 Å². The number of nitrogens with one attached hydrogen (secondary N) is 1. The van der Waals surface area contributed by atoms with E-state index < -0.39 is 18.5 Å². The zero-order chi connectivity index (χ0) is 15.5. The minimum atomic E-state index is -4.27. The second kappa shape index (κ2) is 6.64. The molecule has 1 N–H and O–H groups in total. The fourth-order valence-electron chi connectivity index (χ4n) is 2.32. The Morgan fingerprint density at radius 2 is 2.00 bits per heavy atom. The van der Waals surface area contributed by atoms with Gasteiger partial charge in [0.1, 0.15) is 12.4 Å². The number of rotatable bonds is 7. The van der Waals surface area contributed by atoms with Gasteiger partial charge in [-0.3, -0.25) is 0 Å². The summed E-state index contributed by atoms with van der Waals surface area (Å²) in [5.74, 6) is -0.421. The molecular weight excluding hydrogens is 284 g/mol.